The first-order chi connectivity index (χ1) is 19.5. The summed E-state index contributed by atoms with van der Waals surface area (Å²) < 4.78 is 22.4. The zero-order valence-electron chi connectivity index (χ0n) is 23.7. The van der Waals surface area contributed by atoms with E-state index in [0.717, 1.165) is 11.1 Å². The Kier molecular flexibility index (Phi) is 14.6. The molecule has 2 N–H and O–H groups in total. The van der Waals surface area contributed by atoms with Crippen molar-refractivity contribution in [3.8, 4) is 11.5 Å². The third kappa shape index (κ3) is 11.7. The molecule has 1 heterocycles. The molecule has 10 heteroatoms. The highest BCUT2D eigenvalue weighted by Gasteiger charge is 2.03. The molecule has 2 aromatic rings. The minimum absolute atomic E-state index is 0.0183. The first kappa shape index (κ1) is 31.7. The van der Waals surface area contributed by atoms with Crippen LogP contribution in [0.3, 0.4) is 0 Å². The van der Waals surface area contributed by atoms with E-state index in [1.54, 1.807) is 12.4 Å². The number of rotatable bonds is 0. The van der Waals surface area contributed by atoms with E-state index in [9.17, 15) is 10.2 Å². The maximum absolute atomic E-state index is 12.8. The summed E-state index contributed by atoms with van der Waals surface area (Å²) in [5.74, 6) is -0.0366. The van der Waals surface area contributed by atoms with E-state index in [0.29, 0.717) is 114 Å². The third-order valence-electron chi connectivity index (χ3n) is 6.09. The Morgan fingerprint density at radius 1 is 0.575 bits per heavy atom. The molecule has 0 saturated heterocycles. The molecule has 220 valence electrons. The van der Waals surface area contributed by atoms with Crippen molar-refractivity contribution in [3.63, 3.8) is 0 Å². The number of aryl methyl sites for hydroxylation is 2. The zero-order valence-corrected chi connectivity index (χ0v) is 23.7. The highest BCUT2D eigenvalue weighted by molar-refractivity contribution is 5.84. The van der Waals surface area contributed by atoms with Gasteiger partial charge in [0.05, 0.1) is 65.9 Å². The van der Waals surface area contributed by atoms with Crippen LogP contribution in [-0.4, -0.2) is 91.5 Å². The molecule has 3 rings (SSSR count). The van der Waals surface area contributed by atoms with Crippen LogP contribution in [0.2, 0.25) is 0 Å². The number of nitrogens with one attached hydrogen (secondary N) is 2. The smallest absolute Gasteiger partial charge is 0.0701 e. The second kappa shape index (κ2) is 18.5. The first-order valence-corrected chi connectivity index (χ1v) is 13.9. The topological polar surface area (TPSA) is 132 Å². The van der Waals surface area contributed by atoms with Crippen LogP contribution in [0.1, 0.15) is 33.4 Å². The van der Waals surface area contributed by atoms with Gasteiger partial charge in [0.15, 0.2) is 0 Å². The van der Waals surface area contributed by atoms with Gasteiger partial charge in [-0.15, -0.1) is 0 Å². The summed E-state index contributed by atoms with van der Waals surface area (Å²) in [6.45, 7) is 10.8. The molecular formula is C30H42N4O6-2. The number of benzene rings is 2. The van der Waals surface area contributed by atoms with E-state index in [1.807, 2.05) is 38.1 Å². The summed E-state index contributed by atoms with van der Waals surface area (Å²) in [5.41, 5.74) is 4.60. The Bertz CT molecular complexity index is 1010. The number of aliphatic imine (C=N–C) groups is 2. The van der Waals surface area contributed by atoms with Gasteiger partial charge in [-0.05, 0) is 36.1 Å². The quantitative estimate of drug-likeness (QED) is 0.498. The van der Waals surface area contributed by atoms with Gasteiger partial charge in [-0.25, -0.2) is 0 Å². The highest BCUT2D eigenvalue weighted by atomic mass is 16.5. The van der Waals surface area contributed by atoms with Crippen LogP contribution in [0.4, 0.5) is 0 Å². The molecule has 0 unspecified atom stereocenters. The lowest BCUT2D eigenvalue weighted by molar-refractivity contribution is -0.270. The summed E-state index contributed by atoms with van der Waals surface area (Å²) >= 11 is 0. The maximum atomic E-state index is 12.8. The molecule has 0 radical (unpaired) electrons. The molecule has 0 fully saturated rings. The standard InChI is InChI=1S/C30H44N4O6/c1-23-15-25-19-31-3-7-37-11-13-39-9-5-33-21-27-17-24(2)18-28(30(27)36)22-34-6-10-40-14-12-38-8-4-32-20-26(16-23)29(25)35/h15-19,22,32-33,35-36H,3-14,20-21H2,1-2H3/p-2. The molecule has 0 amide bonds. The van der Waals surface area contributed by atoms with Gasteiger partial charge in [-0.2, -0.15) is 0 Å². The van der Waals surface area contributed by atoms with Crippen molar-refractivity contribution in [1.29, 1.82) is 0 Å². The van der Waals surface area contributed by atoms with Crippen molar-refractivity contribution in [2.24, 2.45) is 9.98 Å². The Morgan fingerprint density at radius 2 is 0.975 bits per heavy atom. The van der Waals surface area contributed by atoms with E-state index in [4.69, 9.17) is 18.9 Å². The normalized spacial score (nSPS) is 18.2. The molecule has 4 bridgehead atoms. The van der Waals surface area contributed by atoms with Crippen molar-refractivity contribution in [1.82, 2.24) is 10.6 Å². The van der Waals surface area contributed by atoms with E-state index in [1.165, 1.54) is 0 Å². The van der Waals surface area contributed by atoms with Gasteiger partial charge in [-0.3, -0.25) is 9.98 Å². The van der Waals surface area contributed by atoms with Crippen molar-refractivity contribution < 1.29 is 29.2 Å². The fourth-order valence-corrected chi connectivity index (χ4v) is 4.15. The molecule has 40 heavy (non-hydrogen) atoms. The van der Waals surface area contributed by atoms with Crippen LogP contribution in [0.15, 0.2) is 34.3 Å². The average molecular weight is 555 g/mol. The molecule has 0 aliphatic carbocycles. The third-order valence-corrected chi connectivity index (χ3v) is 6.09. The molecule has 0 aromatic heterocycles. The minimum atomic E-state index is -0.0183. The van der Waals surface area contributed by atoms with Crippen molar-refractivity contribution in [2.75, 3.05) is 79.0 Å². The van der Waals surface area contributed by atoms with Crippen LogP contribution in [0.5, 0.6) is 11.5 Å². The molecule has 0 spiro atoms. The predicted octanol–water partition coefficient (Wildman–Crippen LogP) is 1.25. The zero-order chi connectivity index (χ0) is 28.4. The largest absolute Gasteiger partial charge is 0.872 e. The monoisotopic (exact) mass is 554 g/mol. The lowest BCUT2D eigenvalue weighted by Gasteiger charge is -2.18. The minimum Gasteiger partial charge on any atom is -0.872 e. The molecular weight excluding hydrogens is 512 g/mol. The molecule has 0 saturated carbocycles. The van der Waals surface area contributed by atoms with Gasteiger partial charge in [-0.1, -0.05) is 46.9 Å². The van der Waals surface area contributed by atoms with Crippen molar-refractivity contribution >= 4 is 12.4 Å². The van der Waals surface area contributed by atoms with Crippen LogP contribution >= 0.6 is 0 Å². The number of hydrogen-bond acceptors (Lipinski definition) is 10. The lowest BCUT2D eigenvalue weighted by atomic mass is 10.1. The molecule has 10 nitrogen and oxygen atoms in total. The van der Waals surface area contributed by atoms with Gasteiger partial charge < -0.3 is 39.8 Å². The second-order valence-electron chi connectivity index (χ2n) is 9.56. The van der Waals surface area contributed by atoms with E-state index < -0.39 is 0 Å². The van der Waals surface area contributed by atoms with Crippen LogP contribution in [0, 0.1) is 13.8 Å². The summed E-state index contributed by atoms with van der Waals surface area (Å²) in [6, 6.07) is 7.51. The van der Waals surface area contributed by atoms with Gasteiger partial charge in [0.2, 0.25) is 0 Å². The predicted molar refractivity (Wildman–Crippen MR) is 153 cm³/mol. The van der Waals surface area contributed by atoms with Gasteiger partial charge in [0.25, 0.3) is 0 Å². The number of fused-ring (bicyclic) bond motifs is 4. The summed E-state index contributed by atoms with van der Waals surface area (Å²) in [6.07, 6.45) is 3.25. The maximum Gasteiger partial charge on any atom is 0.0701 e. The van der Waals surface area contributed by atoms with Crippen LogP contribution in [0.25, 0.3) is 0 Å². The molecule has 1 aliphatic rings. The highest BCUT2D eigenvalue weighted by Crippen LogP contribution is 2.21. The van der Waals surface area contributed by atoms with Crippen molar-refractivity contribution in [3.05, 3.63) is 57.6 Å². The van der Waals surface area contributed by atoms with Crippen molar-refractivity contribution in [2.45, 2.75) is 26.9 Å². The Balaban J connectivity index is 1.51. The van der Waals surface area contributed by atoms with E-state index >= 15 is 0 Å². The fraction of sp³-hybridized carbons (Fsp3) is 0.533. The number of ether oxygens (including phenoxy) is 4. The van der Waals surface area contributed by atoms with Gasteiger partial charge in [0, 0.05) is 38.6 Å². The van der Waals surface area contributed by atoms with E-state index in [2.05, 4.69) is 20.6 Å². The first-order valence-electron chi connectivity index (χ1n) is 13.9. The van der Waals surface area contributed by atoms with E-state index in [-0.39, 0.29) is 11.5 Å². The molecule has 1 aliphatic heterocycles. The number of nitrogens with zero attached hydrogens (tertiary/aromatic N) is 2. The fourth-order valence-electron chi connectivity index (χ4n) is 4.15. The molecule has 0 atom stereocenters. The Labute approximate surface area is 237 Å². The summed E-state index contributed by atoms with van der Waals surface area (Å²) in [7, 11) is 0. The van der Waals surface area contributed by atoms with Gasteiger partial charge >= 0.3 is 0 Å². The summed E-state index contributed by atoms with van der Waals surface area (Å²) in [4.78, 5) is 8.72. The average Bonchev–Trinajstić information content (AvgIpc) is 2.93. The Hall–Kier alpha value is -2.86. The molecule has 2 aromatic carbocycles. The van der Waals surface area contributed by atoms with Crippen LogP contribution in [-0.2, 0) is 32.0 Å². The summed E-state index contributed by atoms with van der Waals surface area (Å²) in [5, 5.41) is 32.1. The number of hydrogen-bond donors (Lipinski definition) is 2. The lowest BCUT2D eigenvalue weighted by Crippen LogP contribution is -2.21. The van der Waals surface area contributed by atoms with Crippen LogP contribution < -0.4 is 20.8 Å². The van der Waals surface area contributed by atoms with Gasteiger partial charge in [0.1, 0.15) is 0 Å². The SMILES string of the molecule is Cc1cc2c([O-])c(c1)CNCCOCCOCCN=Cc1cc(C)cc(c1[O-])CNCCOCCOCCN=C2. The second-order valence-corrected chi connectivity index (χ2v) is 9.56. The Morgan fingerprint density at radius 3 is 1.40 bits per heavy atom.